The molecule has 2 aromatic rings. The van der Waals surface area contributed by atoms with E-state index in [1.165, 1.54) is 69.9 Å². The van der Waals surface area contributed by atoms with Crippen molar-refractivity contribution in [2.45, 2.75) is 50.3 Å². The normalized spacial score (nSPS) is 15.6. The number of thiocarbonyl (C=S) groups is 1. The van der Waals surface area contributed by atoms with Gasteiger partial charge in [-0.3, -0.25) is 4.72 Å². The lowest BCUT2D eigenvalue weighted by Crippen LogP contribution is -2.41. The number of rotatable bonds is 8. The third-order valence-electron chi connectivity index (χ3n) is 5.75. The molecule has 32 heavy (non-hydrogen) atoms. The van der Waals surface area contributed by atoms with E-state index in [0.29, 0.717) is 10.9 Å². The lowest BCUT2D eigenvalue weighted by Gasteiger charge is -2.22. The van der Waals surface area contributed by atoms with Gasteiger partial charge in [-0.05, 0) is 49.4 Å². The van der Waals surface area contributed by atoms with Crippen LogP contribution >= 0.6 is 12.2 Å². The second-order valence-corrected chi connectivity index (χ2v) is 10.3. The van der Waals surface area contributed by atoms with Crippen LogP contribution < -0.4 is 14.8 Å². The van der Waals surface area contributed by atoms with E-state index in [9.17, 15) is 13.2 Å². The molecule has 1 aliphatic carbocycles. The van der Waals surface area contributed by atoms with Crippen molar-refractivity contribution < 1.29 is 23.1 Å². The van der Waals surface area contributed by atoms with E-state index in [0.717, 1.165) is 5.56 Å². The highest BCUT2D eigenvalue weighted by Crippen LogP contribution is 2.32. The number of hydrogen-bond acceptors (Lipinski definition) is 5. The Bertz CT molecular complexity index is 1080. The minimum absolute atomic E-state index is 0.00572. The average Bonchev–Trinajstić information content (AvgIpc) is 2.79. The summed E-state index contributed by atoms with van der Waals surface area (Å²) in [6.07, 6.45) is 6.25. The molecule has 0 aliphatic heterocycles. The number of aromatic carboxylic acids is 1. The van der Waals surface area contributed by atoms with Crippen LogP contribution in [0.2, 0.25) is 0 Å². The molecule has 0 spiro atoms. The van der Waals surface area contributed by atoms with Crippen LogP contribution in [0.5, 0.6) is 5.75 Å². The molecule has 7 nitrogen and oxygen atoms in total. The van der Waals surface area contributed by atoms with Crippen molar-refractivity contribution in [2.24, 2.45) is 0 Å². The number of sulfonamides is 1. The molecule has 0 heterocycles. The van der Waals surface area contributed by atoms with E-state index in [1.54, 1.807) is 0 Å². The van der Waals surface area contributed by atoms with Crippen LogP contribution in [0.3, 0.4) is 0 Å². The Kier molecular flexibility index (Phi) is 7.73. The van der Waals surface area contributed by atoms with Gasteiger partial charge in [0.1, 0.15) is 16.1 Å². The van der Waals surface area contributed by atoms with E-state index in [2.05, 4.69) is 22.2 Å². The van der Waals surface area contributed by atoms with Gasteiger partial charge in [0.25, 0.3) is 10.0 Å². The molecule has 1 unspecified atom stereocenters. The van der Waals surface area contributed by atoms with Crippen LogP contribution in [0, 0.1) is 0 Å². The Hall–Kier alpha value is -2.65. The molecular weight excluding hydrogens is 448 g/mol. The van der Waals surface area contributed by atoms with Gasteiger partial charge in [-0.15, -0.1) is 0 Å². The molecule has 1 fully saturated rings. The summed E-state index contributed by atoms with van der Waals surface area (Å²) in [4.78, 5) is 11.5. The predicted octanol–water partition coefficient (Wildman–Crippen LogP) is 4.49. The van der Waals surface area contributed by atoms with Crippen molar-refractivity contribution >= 4 is 38.9 Å². The molecule has 0 aromatic heterocycles. The summed E-state index contributed by atoms with van der Waals surface area (Å²) in [6, 6.07) is 11.9. The maximum atomic E-state index is 12.8. The van der Waals surface area contributed by atoms with E-state index in [1.807, 2.05) is 12.1 Å². The molecule has 9 heteroatoms. The van der Waals surface area contributed by atoms with Gasteiger partial charge in [0.15, 0.2) is 0 Å². The maximum Gasteiger partial charge on any atom is 0.335 e. The minimum Gasteiger partial charge on any atom is -0.495 e. The smallest absolute Gasteiger partial charge is 0.335 e. The van der Waals surface area contributed by atoms with Crippen LogP contribution in [0.1, 0.15) is 66.4 Å². The van der Waals surface area contributed by atoms with Crippen molar-refractivity contribution in [1.29, 1.82) is 0 Å². The van der Waals surface area contributed by atoms with E-state index < -0.39 is 21.4 Å². The van der Waals surface area contributed by atoms with Crippen LogP contribution in [-0.4, -0.2) is 37.0 Å². The highest BCUT2D eigenvalue weighted by Gasteiger charge is 2.24. The number of methoxy groups -OCH3 is 1. The number of anilines is 1. The molecule has 3 N–H and O–H groups in total. The monoisotopic (exact) mass is 476 g/mol. The number of carboxylic acid groups (broad SMARTS) is 1. The zero-order valence-corrected chi connectivity index (χ0v) is 19.8. The van der Waals surface area contributed by atoms with Crippen LogP contribution in [0.15, 0.2) is 42.5 Å². The van der Waals surface area contributed by atoms with Gasteiger partial charge in [-0.25, -0.2) is 13.2 Å². The maximum absolute atomic E-state index is 12.8. The number of benzene rings is 2. The first kappa shape index (κ1) is 24.0. The topological polar surface area (TPSA) is 105 Å². The molecule has 0 radical (unpaired) electrons. The highest BCUT2D eigenvalue weighted by atomic mass is 32.2. The fourth-order valence-electron chi connectivity index (χ4n) is 3.84. The first-order chi connectivity index (χ1) is 15.2. The van der Waals surface area contributed by atoms with Crippen LogP contribution in [0.25, 0.3) is 0 Å². The summed E-state index contributed by atoms with van der Waals surface area (Å²) in [5, 5.41) is 10.9. The molecule has 3 rings (SSSR count). The Balaban J connectivity index is 1.67. The third kappa shape index (κ3) is 5.77. The molecule has 172 valence electrons. The largest absolute Gasteiger partial charge is 0.495 e. The van der Waals surface area contributed by atoms with Crippen molar-refractivity contribution in [3.05, 3.63) is 59.2 Å². The zero-order chi connectivity index (χ0) is 23.3. The molecule has 0 bridgehead atoms. The molecule has 2 aromatic carbocycles. The van der Waals surface area contributed by atoms with Crippen molar-refractivity contribution in [2.75, 3.05) is 11.8 Å². The van der Waals surface area contributed by atoms with Crippen LogP contribution in [-0.2, 0) is 10.0 Å². The Morgan fingerprint density at radius 1 is 1.09 bits per heavy atom. The number of hydrogen-bond donors (Lipinski definition) is 3. The summed E-state index contributed by atoms with van der Waals surface area (Å²) >= 11 is 5.43. The summed E-state index contributed by atoms with van der Waals surface area (Å²) in [6.45, 7) is 1.49. The van der Waals surface area contributed by atoms with E-state index in [4.69, 9.17) is 22.1 Å². The van der Waals surface area contributed by atoms with Gasteiger partial charge in [0.05, 0.1) is 18.4 Å². The molecular formula is C23H28N2O5S2. The summed E-state index contributed by atoms with van der Waals surface area (Å²) in [5.74, 6) is -0.431. The number of nitrogens with one attached hydrogen (secondary N) is 2. The fourth-order valence-corrected chi connectivity index (χ4v) is 5.15. The van der Waals surface area contributed by atoms with Gasteiger partial charge < -0.3 is 15.2 Å². The summed E-state index contributed by atoms with van der Waals surface area (Å²) < 4.78 is 33.2. The first-order valence-corrected chi connectivity index (χ1v) is 12.5. The van der Waals surface area contributed by atoms with E-state index >= 15 is 0 Å². The fraction of sp³-hybridized carbons (Fsp3) is 0.391. The zero-order valence-electron chi connectivity index (χ0n) is 18.1. The number of carboxylic acids is 1. The Labute approximate surface area is 194 Å². The van der Waals surface area contributed by atoms with Crippen molar-refractivity contribution in [3.8, 4) is 5.75 Å². The second kappa shape index (κ2) is 10.3. The summed E-state index contributed by atoms with van der Waals surface area (Å²) in [5.41, 5.74) is 2.20. The SMILES string of the molecule is COc1cc(C(=O)O)ccc1NS(=O)(=O)C(C)NC(=S)c1ccc(C2CCCCC2)cc1. The van der Waals surface area contributed by atoms with Gasteiger partial charge in [0, 0.05) is 5.56 Å². The lowest BCUT2D eigenvalue weighted by molar-refractivity contribution is 0.0696. The Morgan fingerprint density at radius 3 is 2.31 bits per heavy atom. The Morgan fingerprint density at radius 2 is 1.72 bits per heavy atom. The van der Waals surface area contributed by atoms with Gasteiger partial charge in [0.2, 0.25) is 0 Å². The number of carbonyl (C=O) groups is 1. The minimum atomic E-state index is -3.88. The molecule has 1 atom stereocenters. The second-order valence-electron chi connectivity index (χ2n) is 7.94. The van der Waals surface area contributed by atoms with Crippen molar-refractivity contribution in [1.82, 2.24) is 5.32 Å². The van der Waals surface area contributed by atoms with Crippen LogP contribution in [0.4, 0.5) is 5.69 Å². The molecule has 0 saturated heterocycles. The average molecular weight is 477 g/mol. The highest BCUT2D eigenvalue weighted by molar-refractivity contribution is 7.93. The number of ether oxygens (including phenoxy) is 1. The quantitative estimate of drug-likeness (QED) is 0.482. The first-order valence-electron chi connectivity index (χ1n) is 10.5. The lowest BCUT2D eigenvalue weighted by atomic mass is 9.84. The van der Waals surface area contributed by atoms with Gasteiger partial charge in [-0.2, -0.15) is 0 Å². The molecule has 1 aliphatic rings. The van der Waals surface area contributed by atoms with Gasteiger partial charge in [-0.1, -0.05) is 55.7 Å². The standard InChI is InChI=1S/C23H28N2O5S2/c1-15(32(28,29)25-20-13-12-19(23(26)27)14-21(20)30-2)24-22(31)18-10-8-17(9-11-18)16-6-4-3-5-7-16/h8-16,25H,3-7H2,1-2H3,(H,24,31)(H,26,27). The third-order valence-corrected chi connectivity index (χ3v) is 7.66. The van der Waals surface area contributed by atoms with Gasteiger partial charge >= 0.3 is 5.97 Å². The van der Waals surface area contributed by atoms with Crippen molar-refractivity contribution in [3.63, 3.8) is 0 Å². The predicted molar refractivity (Wildman–Crippen MR) is 129 cm³/mol. The molecule has 0 amide bonds. The molecule has 1 saturated carbocycles. The summed E-state index contributed by atoms with van der Waals surface area (Å²) in [7, 11) is -2.54. The van der Waals surface area contributed by atoms with E-state index in [-0.39, 0.29) is 17.0 Å².